The van der Waals surface area contributed by atoms with Gasteiger partial charge in [-0.25, -0.2) is 0 Å². The molecule has 0 spiro atoms. The van der Waals surface area contributed by atoms with Crippen LogP contribution in [0.3, 0.4) is 0 Å². The molecule has 0 fully saturated rings. The minimum absolute atomic E-state index is 0.828. The number of rotatable bonds is 5. The van der Waals surface area contributed by atoms with Gasteiger partial charge in [-0.2, -0.15) is 0 Å². The Labute approximate surface area is 102 Å². The first-order chi connectivity index (χ1) is 7.42. The Morgan fingerprint density at radius 1 is 1.33 bits per heavy atom. The van der Waals surface area contributed by atoms with Crippen molar-refractivity contribution in [2.24, 2.45) is 0 Å². The fourth-order valence-electron chi connectivity index (χ4n) is 2.54. The second-order valence-electron chi connectivity index (χ2n) is 4.43. The number of hydrogen-bond acceptors (Lipinski definition) is 1. The maximum absolute atomic E-state index is 5.69. The van der Waals surface area contributed by atoms with Crippen molar-refractivity contribution in [2.75, 3.05) is 5.88 Å². The first kappa shape index (κ1) is 11.5. The number of unbranched alkanes of at least 4 members (excludes halogenated alkanes) is 2. The van der Waals surface area contributed by atoms with Crippen LogP contribution in [0.25, 0.3) is 0 Å². The van der Waals surface area contributed by atoms with Gasteiger partial charge in [-0.05, 0) is 55.0 Å². The molecule has 0 saturated carbocycles. The van der Waals surface area contributed by atoms with Gasteiger partial charge in [0.25, 0.3) is 0 Å². The minimum atomic E-state index is 0.828. The van der Waals surface area contributed by atoms with Gasteiger partial charge in [-0.15, -0.1) is 22.9 Å². The third-order valence-corrected chi connectivity index (χ3v) is 4.63. The molecule has 0 aliphatic heterocycles. The van der Waals surface area contributed by atoms with Crippen LogP contribution in [0.2, 0.25) is 0 Å². The van der Waals surface area contributed by atoms with Crippen molar-refractivity contribution in [3.63, 3.8) is 0 Å². The van der Waals surface area contributed by atoms with Crippen LogP contribution in [-0.2, 0) is 6.42 Å². The molecule has 0 radical (unpaired) electrons. The van der Waals surface area contributed by atoms with Gasteiger partial charge in [0, 0.05) is 10.8 Å². The number of aryl methyl sites for hydroxylation is 1. The highest BCUT2D eigenvalue weighted by atomic mass is 35.5. The summed E-state index contributed by atoms with van der Waals surface area (Å²) in [6.45, 7) is 0. The van der Waals surface area contributed by atoms with Gasteiger partial charge in [-0.3, -0.25) is 0 Å². The van der Waals surface area contributed by atoms with Crippen LogP contribution in [-0.4, -0.2) is 5.88 Å². The van der Waals surface area contributed by atoms with Gasteiger partial charge in [0.1, 0.15) is 0 Å². The van der Waals surface area contributed by atoms with Gasteiger partial charge in [0.05, 0.1) is 0 Å². The summed E-state index contributed by atoms with van der Waals surface area (Å²) >= 11 is 7.64. The van der Waals surface area contributed by atoms with E-state index in [1.165, 1.54) is 44.9 Å². The van der Waals surface area contributed by atoms with Crippen LogP contribution in [0, 0.1) is 0 Å². The molecule has 84 valence electrons. The van der Waals surface area contributed by atoms with Gasteiger partial charge in [0.2, 0.25) is 0 Å². The molecule has 2 rings (SSSR count). The van der Waals surface area contributed by atoms with E-state index in [2.05, 4.69) is 11.4 Å². The molecule has 1 aromatic heterocycles. The van der Waals surface area contributed by atoms with Crippen LogP contribution >= 0.6 is 22.9 Å². The average molecular weight is 243 g/mol. The van der Waals surface area contributed by atoms with E-state index < -0.39 is 0 Å². The van der Waals surface area contributed by atoms with E-state index in [9.17, 15) is 0 Å². The van der Waals surface area contributed by atoms with Crippen molar-refractivity contribution in [2.45, 2.75) is 50.9 Å². The molecule has 1 heterocycles. The quantitative estimate of drug-likeness (QED) is 0.505. The maximum Gasteiger partial charge on any atom is 0.0223 e. The summed E-state index contributed by atoms with van der Waals surface area (Å²) in [5, 5.41) is 2.27. The highest BCUT2D eigenvalue weighted by Crippen LogP contribution is 2.37. The molecule has 0 N–H and O–H groups in total. The molecule has 0 saturated heterocycles. The third-order valence-electron chi connectivity index (χ3n) is 3.36. The van der Waals surface area contributed by atoms with Gasteiger partial charge in [-0.1, -0.05) is 12.8 Å². The minimum Gasteiger partial charge on any atom is -0.149 e. The van der Waals surface area contributed by atoms with Gasteiger partial charge < -0.3 is 0 Å². The summed E-state index contributed by atoms with van der Waals surface area (Å²) in [6.07, 6.45) is 9.35. The predicted octanol–water partition coefficient (Wildman–Crippen LogP) is 4.97. The standard InChI is InChI=1S/C13H19ClS/c14-9-3-1-2-5-11-6-4-7-13-12(11)8-10-15-13/h8,10-11H,1-7,9H2. The summed E-state index contributed by atoms with van der Waals surface area (Å²) in [5.41, 5.74) is 1.66. The fourth-order valence-corrected chi connectivity index (χ4v) is 3.74. The molecule has 1 aliphatic carbocycles. The van der Waals surface area contributed by atoms with Crippen molar-refractivity contribution in [3.8, 4) is 0 Å². The van der Waals surface area contributed by atoms with Crippen LogP contribution < -0.4 is 0 Å². The summed E-state index contributed by atoms with van der Waals surface area (Å²) in [7, 11) is 0. The monoisotopic (exact) mass is 242 g/mol. The van der Waals surface area contributed by atoms with E-state index in [0.29, 0.717) is 0 Å². The highest BCUT2D eigenvalue weighted by molar-refractivity contribution is 7.10. The van der Waals surface area contributed by atoms with Crippen molar-refractivity contribution < 1.29 is 0 Å². The lowest BCUT2D eigenvalue weighted by molar-refractivity contribution is 0.498. The molecule has 1 atom stereocenters. The van der Waals surface area contributed by atoms with E-state index >= 15 is 0 Å². The Bertz CT molecular complexity index is 292. The number of fused-ring (bicyclic) bond motifs is 1. The molecule has 1 unspecified atom stereocenters. The van der Waals surface area contributed by atoms with Gasteiger partial charge in [0.15, 0.2) is 0 Å². The molecule has 1 aliphatic rings. The number of alkyl halides is 1. The Kier molecular flexibility index (Phi) is 4.52. The summed E-state index contributed by atoms with van der Waals surface area (Å²) < 4.78 is 0. The third kappa shape index (κ3) is 2.98. The van der Waals surface area contributed by atoms with E-state index in [1.54, 1.807) is 10.4 Å². The van der Waals surface area contributed by atoms with E-state index in [0.717, 1.165) is 11.8 Å². The van der Waals surface area contributed by atoms with E-state index in [1.807, 2.05) is 11.3 Å². The van der Waals surface area contributed by atoms with Crippen LogP contribution in [0.4, 0.5) is 0 Å². The summed E-state index contributed by atoms with van der Waals surface area (Å²) in [6, 6.07) is 2.35. The van der Waals surface area contributed by atoms with E-state index in [4.69, 9.17) is 11.6 Å². The maximum atomic E-state index is 5.69. The molecule has 0 nitrogen and oxygen atoms in total. The lowest BCUT2D eigenvalue weighted by Crippen LogP contribution is -2.06. The summed E-state index contributed by atoms with van der Waals surface area (Å²) in [5.74, 6) is 1.68. The van der Waals surface area contributed by atoms with Crippen molar-refractivity contribution in [1.82, 2.24) is 0 Å². The van der Waals surface area contributed by atoms with Crippen LogP contribution in [0.5, 0.6) is 0 Å². The van der Waals surface area contributed by atoms with Crippen LogP contribution in [0.15, 0.2) is 11.4 Å². The first-order valence-corrected chi connectivity index (χ1v) is 7.45. The first-order valence-electron chi connectivity index (χ1n) is 6.04. The zero-order valence-electron chi connectivity index (χ0n) is 9.18. The van der Waals surface area contributed by atoms with Gasteiger partial charge >= 0.3 is 0 Å². The molecule has 15 heavy (non-hydrogen) atoms. The van der Waals surface area contributed by atoms with E-state index in [-0.39, 0.29) is 0 Å². The smallest absolute Gasteiger partial charge is 0.0223 e. The Morgan fingerprint density at radius 3 is 3.13 bits per heavy atom. The second-order valence-corrected chi connectivity index (χ2v) is 5.81. The molecule has 0 aromatic carbocycles. The molecular weight excluding hydrogens is 224 g/mol. The number of hydrogen-bond donors (Lipinski definition) is 0. The Balaban J connectivity index is 1.84. The number of halogens is 1. The normalized spacial score (nSPS) is 20.2. The topological polar surface area (TPSA) is 0 Å². The van der Waals surface area contributed by atoms with Crippen molar-refractivity contribution in [3.05, 3.63) is 21.9 Å². The lowest BCUT2D eigenvalue weighted by atomic mass is 9.84. The molecule has 2 heteroatoms. The second kappa shape index (κ2) is 5.91. The zero-order chi connectivity index (χ0) is 10.5. The molecule has 0 bridgehead atoms. The van der Waals surface area contributed by atoms with Crippen molar-refractivity contribution in [1.29, 1.82) is 0 Å². The fraction of sp³-hybridized carbons (Fsp3) is 0.692. The SMILES string of the molecule is ClCCCCCC1CCCc2sccc21. The van der Waals surface area contributed by atoms with Crippen molar-refractivity contribution >= 4 is 22.9 Å². The summed E-state index contributed by atoms with van der Waals surface area (Å²) in [4.78, 5) is 1.66. The number of thiophene rings is 1. The molecular formula is C13H19ClS. The largest absolute Gasteiger partial charge is 0.149 e. The highest BCUT2D eigenvalue weighted by Gasteiger charge is 2.20. The molecule has 0 amide bonds. The van der Waals surface area contributed by atoms with Crippen LogP contribution in [0.1, 0.15) is 54.9 Å². The average Bonchev–Trinajstić information content (AvgIpc) is 2.73. The predicted molar refractivity (Wildman–Crippen MR) is 69.2 cm³/mol. The molecule has 1 aromatic rings. The lowest BCUT2D eigenvalue weighted by Gasteiger charge is -2.22. The Morgan fingerprint density at radius 2 is 2.27 bits per heavy atom. The zero-order valence-corrected chi connectivity index (χ0v) is 10.7. The Hall–Kier alpha value is -0.0100.